The fourth-order valence-corrected chi connectivity index (χ4v) is 0.305. The fourth-order valence-electron chi connectivity index (χ4n) is 0.305. The van der Waals surface area contributed by atoms with E-state index in [0.717, 1.165) is 4.90 Å². The highest BCUT2D eigenvalue weighted by molar-refractivity contribution is 5.78. The molecule has 0 fully saturated rings. The molecule has 0 atom stereocenters. The minimum Gasteiger partial charge on any atom is -0.335 e. The van der Waals surface area contributed by atoms with E-state index in [1.807, 2.05) is 0 Å². The van der Waals surface area contributed by atoms with Gasteiger partial charge in [0.05, 0.1) is 0 Å². The maximum absolute atomic E-state index is 10.3. The van der Waals surface area contributed by atoms with Gasteiger partial charge in [0.1, 0.15) is 6.54 Å². The average molecular weight is 130 g/mol. The van der Waals surface area contributed by atoms with E-state index in [0.29, 0.717) is 0 Å². The van der Waals surface area contributed by atoms with Gasteiger partial charge in [0, 0.05) is 14.0 Å². The second kappa shape index (κ2) is 3.06. The molecule has 0 N–H and O–H groups in total. The summed E-state index contributed by atoms with van der Waals surface area (Å²) in [4.78, 5) is 21.2. The van der Waals surface area contributed by atoms with Gasteiger partial charge in [-0.1, -0.05) is 0 Å². The molecule has 0 saturated carbocycles. The van der Waals surface area contributed by atoms with E-state index in [1.54, 1.807) is 0 Å². The molecule has 0 aliphatic heterocycles. The summed E-state index contributed by atoms with van der Waals surface area (Å²) in [5, 5.41) is 9.81. The van der Waals surface area contributed by atoms with Crippen LogP contribution in [-0.2, 0) is 14.7 Å². The molecule has 0 heterocycles. The van der Waals surface area contributed by atoms with Crippen LogP contribution >= 0.6 is 0 Å². The Bertz CT molecular complexity index is 132. The molecule has 0 aliphatic rings. The summed E-state index contributed by atoms with van der Waals surface area (Å²) in [5.41, 5.74) is 0. The van der Waals surface area contributed by atoms with Crippen molar-refractivity contribution in [1.82, 2.24) is 4.90 Å². The molecule has 51 valence electrons. The van der Waals surface area contributed by atoms with Crippen molar-refractivity contribution in [3.8, 4) is 0 Å². The molecule has 0 spiro atoms. The topological polar surface area (TPSA) is 57.3 Å². The second-order valence-electron chi connectivity index (χ2n) is 1.75. The van der Waals surface area contributed by atoms with Crippen LogP contribution in [0.4, 0.5) is 0 Å². The van der Waals surface area contributed by atoms with Gasteiger partial charge in [0.2, 0.25) is 5.91 Å². The van der Waals surface area contributed by atoms with E-state index >= 15 is 0 Å². The van der Waals surface area contributed by atoms with Gasteiger partial charge in [0.25, 0.3) is 0 Å². The number of nitrogens with zero attached hydrogens (tertiary/aromatic N) is 1. The molecule has 0 aromatic heterocycles. The van der Waals surface area contributed by atoms with Crippen LogP contribution in [0.3, 0.4) is 0 Å². The standard InChI is InChI=1S/C5H8NO3/c1-4(7)6(2)3-5(8)9/h3H2,1-2H3. The third kappa shape index (κ3) is 3.52. The Labute approximate surface area is 53.1 Å². The minimum absolute atomic E-state index is 0.279. The lowest BCUT2D eigenvalue weighted by Gasteiger charge is -2.08. The Morgan fingerprint density at radius 1 is 1.44 bits per heavy atom. The van der Waals surface area contributed by atoms with Crippen molar-refractivity contribution in [3.63, 3.8) is 0 Å². The van der Waals surface area contributed by atoms with E-state index < -0.39 is 5.97 Å². The summed E-state index contributed by atoms with van der Waals surface area (Å²) in [6.45, 7) is 0.957. The van der Waals surface area contributed by atoms with Crippen molar-refractivity contribution in [1.29, 1.82) is 0 Å². The summed E-state index contributed by atoms with van der Waals surface area (Å²) in [6, 6.07) is 0. The van der Waals surface area contributed by atoms with E-state index in [-0.39, 0.29) is 12.5 Å². The highest BCUT2D eigenvalue weighted by Gasteiger charge is 2.06. The Kier molecular flexibility index (Phi) is 2.70. The van der Waals surface area contributed by atoms with E-state index in [2.05, 4.69) is 0 Å². The molecule has 1 radical (unpaired) electrons. The highest BCUT2D eigenvalue weighted by atomic mass is 16.4. The first-order valence-corrected chi connectivity index (χ1v) is 2.45. The lowest BCUT2D eigenvalue weighted by Crippen LogP contribution is -2.29. The normalized spacial score (nSPS) is 8.67. The smallest absolute Gasteiger partial charge is 0.335 e. The highest BCUT2D eigenvalue weighted by Crippen LogP contribution is 1.81. The predicted octanol–water partition coefficient (Wildman–Crippen LogP) is -0.578. The third-order valence-electron chi connectivity index (χ3n) is 0.904. The Morgan fingerprint density at radius 3 is 2.00 bits per heavy atom. The Balaban J connectivity index is 3.63. The zero-order chi connectivity index (χ0) is 7.44. The van der Waals surface area contributed by atoms with Gasteiger partial charge >= 0.3 is 5.97 Å². The van der Waals surface area contributed by atoms with Gasteiger partial charge in [-0.2, -0.15) is 0 Å². The van der Waals surface area contributed by atoms with Gasteiger partial charge in [-0.15, -0.1) is 0 Å². The summed E-state index contributed by atoms with van der Waals surface area (Å²) >= 11 is 0. The molecule has 1 amide bonds. The fraction of sp³-hybridized carbons (Fsp3) is 0.600. The van der Waals surface area contributed by atoms with Crippen LogP contribution in [0.1, 0.15) is 6.92 Å². The molecule has 0 aromatic carbocycles. The van der Waals surface area contributed by atoms with Crippen molar-refractivity contribution in [2.24, 2.45) is 0 Å². The quantitative estimate of drug-likeness (QED) is 0.502. The number of hydrogen-bond acceptors (Lipinski definition) is 2. The van der Waals surface area contributed by atoms with Gasteiger partial charge < -0.3 is 4.90 Å². The van der Waals surface area contributed by atoms with Gasteiger partial charge in [0.15, 0.2) is 0 Å². The predicted molar refractivity (Wildman–Crippen MR) is 29.0 cm³/mol. The van der Waals surface area contributed by atoms with Crippen molar-refractivity contribution >= 4 is 11.9 Å². The van der Waals surface area contributed by atoms with Crippen molar-refractivity contribution in [2.75, 3.05) is 13.6 Å². The Morgan fingerprint density at radius 2 is 1.89 bits per heavy atom. The molecular weight excluding hydrogens is 122 g/mol. The molecule has 0 saturated heterocycles. The molecule has 4 nitrogen and oxygen atoms in total. The number of carbonyl (C=O) groups excluding carboxylic acids is 2. The van der Waals surface area contributed by atoms with Crippen molar-refractivity contribution < 1.29 is 14.7 Å². The largest absolute Gasteiger partial charge is 0.374 e. The van der Waals surface area contributed by atoms with Crippen LogP contribution in [-0.4, -0.2) is 30.4 Å². The van der Waals surface area contributed by atoms with Gasteiger partial charge in [-0.3, -0.25) is 4.79 Å². The number of carbonyl (C=O) groups is 2. The zero-order valence-corrected chi connectivity index (χ0v) is 5.38. The summed E-state index contributed by atoms with van der Waals surface area (Å²) in [7, 11) is 1.40. The molecule has 0 unspecified atom stereocenters. The van der Waals surface area contributed by atoms with Crippen LogP contribution in [0.2, 0.25) is 0 Å². The Hall–Kier alpha value is -1.06. The first kappa shape index (κ1) is 7.94. The lowest BCUT2D eigenvalue weighted by molar-refractivity contribution is -0.147. The first-order chi connectivity index (χ1) is 4.04. The van der Waals surface area contributed by atoms with Gasteiger partial charge in [-0.25, -0.2) is 9.90 Å². The van der Waals surface area contributed by atoms with E-state index in [9.17, 15) is 14.7 Å². The number of rotatable bonds is 2. The third-order valence-corrected chi connectivity index (χ3v) is 0.904. The number of hydrogen-bond donors (Lipinski definition) is 0. The van der Waals surface area contributed by atoms with E-state index in [4.69, 9.17) is 0 Å². The first-order valence-electron chi connectivity index (χ1n) is 2.45. The van der Waals surface area contributed by atoms with E-state index in [1.165, 1.54) is 14.0 Å². The van der Waals surface area contributed by atoms with Crippen LogP contribution in [0.25, 0.3) is 0 Å². The van der Waals surface area contributed by atoms with Crippen molar-refractivity contribution in [2.45, 2.75) is 6.92 Å². The van der Waals surface area contributed by atoms with Crippen LogP contribution in [0.5, 0.6) is 0 Å². The summed E-state index contributed by atoms with van der Waals surface area (Å²) < 4.78 is 0. The summed E-state index contributed by atoms with van der Waals surface area (Å²) in [6.07, 6.45) is 0. The lowest BCUT2D eigenvalue weighted by atomic mass is 10.5. The second-order valence-corrected chi connectivity index (χ2v) is 1.75. The molecule has 9 heavy (non-hydrogen) atoms. The monoisotopic (exact) mass is 130 g/mol. The minimum atomic E-state index is -1.24. The van der Waals surface area contributed by atoms with Crippen LogP contribution in [0, 0.1) is 0 Å². The zero-order valence-electron chi connectivity index (χ0n) is 5.38. The SMILES string of the molecule is CC(=O)N(C)CC([O])=O. The molecule has 4 heteroatoms. The molecule has 0 aliphatic carbocycles. The van der Waals surface area contributed by atoms with Gasteiger partial charge in [-0.05, 0) is 0 Å². The maximum Gasteiger partial charge on any atom is 0.374 e. The maximum atomic E-state index is 10.3. The molecule has 0 aromatic rings. The van der Waals surface area contributed by atoms with Crippen LogP contribution in [0.15, 0.2) is 0 Å². The molecule has 0 rings (SSSR count). The van der Waals surface area contributed by atoms with Crippen molar-refractivity contribution in [3.05, 3.63) is 0 Å². The summed E-state index contributed by atoms with van der Waals surface area (Å²) in [5.74, 6) is -1.52. The van der Waals surface area contributed by atoms with Crippen LogP contribution < -0.4 is 0 Å². The molecular formula is C5H8NO3. The number of likely N-dealkylation sites (N-methyl/N-ethyl adjacent to an activating group) is 1. The number of amides is 1. The average Bonchev–Trinajstić information content (AvgIpc) is 1.63. The molecule has 0 bridgehead atoms.